The monoisotopic (exact) mass is 427 g/mol. The minimum Gasteiger partial charge on any atom is -0.464 e. The van der Waals surface area contributed by atoms with Crippen LogP contribution < -0.4 is 4.72 Å². The van der Waals surface area contributed by atoms with E-state index < -0.39 is 27.8 Å². The highest BCUT2D eigenvalue weighted by Gasteiger charge is 2.35. The normalized spacial score (nSPS) is 17.6. The summed E-state index contributed by atoms with van der Waals surface area (Å²) in [5.41, 5.74) is 1.13. The molecule has 0 aromatic heterocycles. The number of amidine groups is 1. The van der Waals surface area contributed by atoms with E-state index in [9.17, 15) is 22.8 Å². The van der Waals surface area contributed by atoms with Gasteiger partial charge in [-0.1, -0.05) is 24.3 Å². The summed E-state index contributed by atoms with van der Waals surface area (Å²) in [5, 5.41) is 0. The van der Waals surface area contributed by atoms with Crippen LogP contribution in [-0.2, 0) is 19.6 Å². The van der Waals surface area contributed by atoms with Gasteiger partial charge in [-0.05, 0) is 24.3 Å². The van der Waals surface area contributed by atoms with Crippen LogP contribution in [0.25, 0.3) is 0 Å². The average Bonchev–Trinajstić information content (AvgIpc) is 3.14. The predicted octanol–water partition coefficient (Wildman–Crippen LogP) is 0.955. The van der Waals surface area contributed by atoms with Crippen molar-refractivity contribution in [2.75, 3.05) is 19.7 Å². The maximum Gasteiger partial charge on any atom is 0.307 e. The molecule has 0 bridgehead atoms. The zero-order valence-electron chi connectivity index (χ0n) is 15.7. The number of esters is 1. The first-order valence-electron chi connectivity index (χ1n) is 9.16. The number of imide groups is 1. The fourth-order valence-electron chi connectivity index (χ4n) is 3.28. The Morgan fingerprint density at radius 2 is 1.57 bits per heavy atom. The van der Waals surface area contributed by atoms with Crippen LogP contribution in [0.1, 0.15) is 32.7 Å². The lowest BCUT2D eigenvalue weighted by molar-refractivity contribution is -0.143. The summed E-state index contributed by atoms with van der Waals surface area (Å²) >= 11 is 0. The van der Waals surface area contributed by atoms with Crippen molar-refractivity contribution < 1.29 is 27.5 Å². The number of hydrogen-bond acceptors (Lipinski definition) is 7. The molecule has 0 radical (unpaired) electrons. The highest BCUT2D eigenvalue weighted by molar-refractivity contribution is 7.90. The Hall–Kier alpha value is -3.53. The zero-order chi connectivity index (χ0) is 21.3. The molecule has 0 saturated carbocycles. The van der Waals surface area contributed by atoms with Gasteiger partial charge in [0.15, 0.2) is 0 Å². The van der Waals surface area contributed by atoms with Gasteiger partial charge in [-0.15, -0.1) is 0 Å². The minimum absolute atomic E-state index is 0.0258. The molecule has 2 amide bonds. The van der Waals surface area contributed by atoms with Gasteiger partial charge in [0.2, 0.25) is 0 Å². The minimum atomic E-state index is -3.63. The Balaban J connectivity index is 1.27. The second kappa shape index (κ2) is 7.71. The van der Waals surface area contributed by atoms with Crippen LogP contribution in [0.5, 0.6) is 0 Å². The number of benzene rings is 2. The Bertz CT molecular complexity index is 1150. The number of carbonyl (C=O) groups is 3. The van der Waals surface area contributed by atoms with Crippen molar-refractivity contribution in [1.29, 1.82) is 0 Å². The van der Waals surface area contributed by atoms with Crippen molar-refractivity contribution in [3.05, 3.63) is 65.2 Å². The van der Waals surface area contributed by atoms with Crippen LogP contribution in [0.2, 0.25) is 0 Å². The van der Waals surface area contributed by atoms with E-state index in [1.165, 1.54) is 6.07 Å². The van der Waals surface area contributed by atoms with Crippen LogP contribution in [-0.4, -0.2) is 56.6 Å². The maximum atomic E-state index is 12.2. The Morgan fingerprint density at radius 3 is 2.23 bits per heavy atom. The van der Waals surface area contributed by atoms with E-state index in [0.29, 0.717) is 16.7 Å². The number of hydrogen-bond donors (Lipinski definition) is 1. The summed E-state index contributed by atoms with van der Waals surface area (Å²) in [6.07, 6.45) is -0.0739. The number of carbonyl (C=O) groups excluding carboxylic acids is 3. The molecule has 0 aliphatic carbocycles. The fraction of sp³-hybridized carbons (Fsp3) is 0.200. The third-order valence-corrected chi connectivity index (χ3v) is 6.10. The second-order valence-corrected chi connectivity index (χ2v) is 8.26. The number of amides is 2. The highest BCUT2D eigenvalue weighted by Crippen LogP contribution is 2.23. The van der Waals surface area contributed by atoms with Gasteiger partial charge >= 0.3 is 5.97 Å². The number of rotatable bonds is 6. The van der Waals surface area contributed by atoms with Gasteiger partial charge in [0.1, 0.15) is 12.4 Å². The SMILES string of the molecule is O=C(CCN=C1NS(=O)(=O)c2ccccc21)OCCN1C(=O)c2ccccc2C1=O. The first kappa shape index (κ1) is 19.8. The molecule has 0 unspecified atom stereocenters. The van der Waals surface area contributed by atoms with Crippen LogP contribution in [0.3, 0.4) is 0 Å². The van der Waals surface area contributed by atoms with Crippen LogP contribution in [0, 0.1) is 0 Å². The number of aliphatic imine (C=N–C) groups is 1. The standard InChI is InChI=1S/C20H17N3O6S/c24-17(9-10-21-18-15-7-3-4-8-16(15)30(27,28)22-18)29-12-11-23-19(25)13-5-1-2-6-14(13)20(23)26/h1-8H,9-12H2,(H,21,22). The Morgan fingerprint density at radius 1 is 0.967 bits per heavy atom. The summed E-state index contributed by atoms with van der Waals surface area (Å²) in [6, 6.07) is 12.9. The Kier molecular flexibility index (Phi) is 5.08. The van der Waals surface area contributed by atoms with E-state index in [1.54, 1.807) is 42.5 Å². The number of sulfonamides is 1. The van der Waals surface area contributed by atoms with E-state index in [0.717, 1.165) is 4.90 Å². The van der Waals surface area contributed by atoms with Gasteiger partial charge in [-0.25, -0.2) is 8.42 Å². The molecule has 154 valence electrons. The summed E-state index contributed by atoms with van der Waals surface area (Å²) in [6.45, 7) is -0.145. The predicted molar refractivity (Wildman–Crippen MR) is 106 cm³/mol. The number of fused-ring (bicyclic) bond motifs is 2. The fourth-order valence-corrected chi connectivity index (χ4v) is 4.53. The molecular weight excluding hydrogens is 410 g/mol. The zero-order valence-corrected chi connectivity index (χ0v) is 16.5. The molecule has 4 rings (SSSR count). The smallest absolute Gasteiger partial charge is 0.307 e. The molecule has 0 fully saturated rings. The van der Waals surface area contributed by atoms with Crippen LogP contribution in [0.15, 0.2) is 58.4 Å². The van der Waals surface area contributed by atoms with Gasteiger partial charge in [-0.2, -0.15) is 0 Å². The first-order chi connectivity index (χ1) is 14.4. The van der Waals surface area contributed by atoms with Crippen molar-refractivity contribution in [3.63, 3.8) is 0 Å². The summed E-state index contributed by atoms with van der Waals surface area (Å²) in [4.78, 5) is 41.8. The van der Waals surface area contributed by atoms with Crippen LogP contribution in [0.4, 0.5) is 0 Å². The topological polar surface area (TPSA) is 122 Å². The molecule has 2 aliphatic heterocycles. The largest absolute Gasteiger partial charge is 0.464 e. The van der Waals surface area contributed by atoms with E-state index in [4.69, 9.17) is 4.74 Å². The van der Waals surface area contributed by atoms with Gasteiger partial charge in [-0.3, -0.25) is 29.0 Å². The molecule has 1 N–H and O–H groups in total. The molecule has 30 heavy (non-hydrogen) atoms. The Labute approximate surface area is 172 Å². The van der Waals surface area contributed by atoms with E-state index in [1.807, 2.05) is 0 Å². The maximum absolute atomic E-state index is 12.2. The third-order valence-electron chi connectivity index (χ3n) is 4.70. The summed E-state index contributed by atoms with van der Waals surface area (Å²) in [7, 11) is -3.63. The molecular formula is C20H17N3O6S. The summed E-state index contributed by atoms with van der Waals surface area (Å²) < 4.78 is 31.5. The van der Waals surface area contributed by atoms with Crippen molar-refractivity contribution >= 4 is 33.6 Å². The van der Waals surface area contributed by atoms with Crippen molar-refractivity contribution in [3.8, 4) is 0 Å². The lowest BCUT2D eigenvalue weighted by atomic mass is 10.1. The molecule has 2 aliphatic rings. The molecule has 0 spiro atoms. The average molecular weight is 427 g/mol. The quantitative estimate of drug-likeness (QED) is 0.541. The van der Waals surface area contributed by atoms with Crippen molar-refractivity contribution in [2.45, 2.75) is 11.3 Å². The van der Waals surface area contributed by atoms with Gasteiger partial charge < -0.3 is 4.74 Å². The van der Waals surface area contributed by atoms with Gasteiger partial charge in [0.05, 0.1) is 35.5 Å². The van der Waals surface area contributed by atoms with E-state index >= 15 is 0 Å². The molecule has 10 heteroatoms. The lowest BCUT2D eigenvalue weighted by Crippen LogP contribution is -2.33. The molecule has 2 aromatic carbocycles. The number of ether oxygens (including phenoxy) is 1. The number of nitrogens with zero attached hydrogens (tertiary/aromatic N) is 2. The number of nitrogens with one attached hydrogen (secondary N) is 1. The van der Waals surface area contributed by atoms with Crippen LogP contribution >= 0.6 is 0 Å². The van der Waals surface area contributed by atoms with Crippen molar-refractivity contribution in [2.24, 2.45) is 4.99 Å². The van der Waals surface area contributed by atoms with Gasteiger partial charge in [0.25, 0.3) is 21.8 Å². The lowest BCUT2D eigenvalue weighted by Gasteiger charge is -2.13. The second-order valence-electron chi connectivity index (χ2n) is 6.61. The molecule has 2 aromatic rings. The summed E-state index contributed by atoms with van der Waals surface area (Å²) in [5.74, 6) is -1.20. The third kappa shape index (κ3) is 3.57. The molecule has 9 nitrogen and oxygen atoms in total. The molecule has 2 heterocycles. The first-order valence-corrected chi connectivity index (χ1v) is 10.6. The van der Waals surface area contributed by atoms with Gasteiger partial charge in [0, 0.05) is 5.56 Å². The molecule has 0 saturated heterocycles. The van der Waals surface area contributed by atoms with Crippen molar-refractivity contribution in [1.82, 2.24) is 9.62 Å². The highest BCUT2D eigenvalue weighted by atomic mass is 32.2. The van der Waals surface area contributed by atoms with E-state index in [2.05, 4.69) is 9.71 Å². The molecule has 0 atom stereocenters. The van der Waals surface area contributed by atoms with E-state index in [-0.39, 0.29) is 36.8 Å².